The lowest BCUT2D eigenvalue weighted by Crippen LogP contribution is -2.21. The summed E-state index contributed by atoms with van der Waals surface area (Å²) in [4.78, 5) is 4.05. The van der Waals surface area contributed by atoms with E-state index in [4.69, 9.17) is 16.3 Å². The summed E-state index contributed by atoms with van der Waals surface area (Å²) in [5.74, 6) is 1.50. The van der Waals surface area contributed by atoms with Gasteiger partial charge >= 0.3 is 0 Å². The van der Waals surface area contributed by atoms with Crippen LogP contribution < -0.4 is 10.1 Å². The first kappa shape index (κ1) is 15.8. The van der Waals surface area contributed by atoms with Crippen molar-refractivity contribution in [3.8, 4) is 11.5 Å². The summed E-state index contributed by atoms with van der Waals surface area (Å²) in [5, 5.41) is 4.12. The summed E-state index contributed by atoms with van der Waals surface area (Å²) >= 11 is 5.95. The smallest absolute Gasteiger partial charge is 0.147 e. The number of ether oxygens (including phenoxy) is 1. The minimum Gasteiger partial charge on any atom is -0.455 e. The number of pyridine rings is 1. The number of para-hydroxylation sites is 1. The summed E-state index contributed by atoms with van der Waals surface area (Å²) in [5.41, 5.74) is 1.16. The van der Waals surface area contributed by atoms with Crippen LogP contribution in [0.15, 0.2) is 42.7 Å². The van der Waals surface area contributed by atoms with Crippen LogP contribution in [0, 0.1) is 0 Å². The third-order valence-corrected chi connectivity index (χ3v) is 3.46. The first-order chi connectivity index (χ1) is 10.2. The molecule has 112 valence electrons. The van der Waals surface area contributed by atoms with Crippen LogP contribution in [-0.2, 0) is 0 Å². The average molecular weight is 305 g/mol. The number of benzene rings is 1. The van der Waals surface area contributed by atoms with Crippen molar-refractivity contribution in [2.75, 3.05) is 6.54 Å². The molecule has 0 fully saturated rings. The van der Waals surface area contributed by atoms with E-state index in [9.17, 15) is 0 Å². The van der Waals surface area contributed by atoms with E-state index in [0.717, 1.165) is 30.7 Å². The molecule has 0 bridgehead atoms. The largest absolute Gasteiger partial charge is 0.455 e. The van der Waals surface area contributed by atoms with Gasteiger partial charge in [-0.2, -0.15) is 0 Å². The van der Waals surface area contributed by atoms with Crippen molar-refractivity contribution < 1.29 is 4.74 Å². The zero-order valence-corrected chi connectivity index (χ0v) is 13.2. The fourth-order valence-electron chi connectivity index (χ4n) is 2.23. The fourth-order valence-corrected chi connectivity index (χ4v) is 2.39. The maximum atomic E-state index is 5.97. The quantitative estimate of drug-likeness (QED) is 0.783. The Balaban J connectivity index is 2.23. The second-order valence-electron chi connectivity index (χ2n) is 4.89. The third kappa shape index (κ3) is 4.45. The molecule has 1 unspecified atom stereocenters. The normalized spacial score (nSPS) is 12.1. The number of aromatic nitrogens is 1. The topological polar surface area (TPSA) is 34.1 Å². The highest BCUT2D eigenvalue weighted by Crippen LogP contribution is 2.31. The summed E-state index contributed by atoms with van der Waals surface area (Å²) in [6, 6.07) is 10.1. The van der Waals surface area contributed by atoms with Gasteiger partial charge in [0.1, 0.15) is 11.5 Å². The lowest BCUT2D eigenvalue weighted by molar-refractivity contribution is 0.447. The first-order valence-corrected chi connectivity index (χ1v) is 7.73. The van der Waals surface area contributed by atoms with Crippen molar-refractivity contribution >= 4 is 11.6 Å². The number of nitrogens with zero attached hydrogens (tertiary/aromatic N) is 1. The van der Waals surface area contributed by atoms with Gasteiger partial charge in [-0.15, -0.1) is 0 Å². The maximum Gasteiger partial charge on any atom is 0.147 e. The molecule has 2 aromatic rings. The molecule has 1 N–H and O–H groups in total. The Morgan fingerprint density at radius 1 is 1.24 bits per heavy atom. The van der Waals surface area contributed by atoms with Gasteiger partial charge in [-0.3, -0.25) is 4.98 Å². The standard InChI is InChI=1S/C17H21ClN2O/c1-3-9-20-16(4-2)15-7-5-6-8-17(15)21-14-10-13(18)11-19-12-14/h5-8,10-12,16,20H,3-4,9H2,1-2H3. The second-order valence-corrected chi connectivity index (χ2v) is 5.33. The molecule has 0 saturated heterocycles. The number of hydrogen-bond acceptors (Lipinski definition) is 3. The summed E-state index contributed by atoms with van der Waals surface area (Å²) < 4.78 is 5.97. The van der Waals surface area contributed by atoms with Gasteiger partial charge in [0.25, 0.3) is 0 Å². The zero-order valence-electron chi connectivity index (χ0n) is 12.5. The van der Waals surface area contributed by atoms with E-state index in [0.29, 0.717) is 10.8 Å². The van der Waals surface area contributed by atoms with Gasteiger partial charge in [0.05, 0.1) is 11.2 Å². The molecule has 0 saturated carbocycles. The van der Waals surface area contributed by atoms with Crippen LogP contribution in [0.4, 0.5) is 0 Å². The minimum absolute atomic E-state index is 0.285. The van der Waals surface area contributed by atoms with E-state index in [-0.39, 0.29) is 6.04 Å². The number of halogens is 1. The molecule has 3 nitrogen and oxygen atoms in total. The van der Waals surface area contributed by atoms with E-state index in [1.165, 1.54) is 0 Å². The molecule has 0 amide bonds. The third-order valence-electron chi connectivity index (χ3n) is 3.25. The molecule has 0 radical (unpaired) electrons. The SMILES string of the molecule is CCCNC(CC)c1ccccc1Oc1cncc(Cl)c1. The van der Waals surface area contributed by atoms with Crippen molar-refractivity contribution in [1.29, 1.82) is 0 Å². The molecular formula is C17H21ClN2O. The van der Waals surface area contributed by atoms with Gasteiger partial charge in [0, 0.05) is 23.9 Å². The molecule has 4 heteroatoms. The molecule has 1 aromatic carbocycles. The Morgan fingerprint density at radius 2 is 2.05 bits per heavy atom. The Morgan fingerprint density at radius 3 is 2.76 bits per heavy atom. The van der Waals surface area contributed by atoms with Crippen molar-refractivity contribution in [2.24, 2.45) is 0 Å². The molecule has 21 heavy (non-hydrogen) atoms. The Bertz CT molecular complexity index is 574. The van der Waals surface area contributed by atoms with E-state index in [1.807, 2.05) is 18.2 Å². The maximum absolute atomic E-state index is 5.97. The highest BCUT2D eigenvalue weighted by atomic mass is 35.5. The predicted molar refractivity (Wildman–Crippen MR) is 87.1 cm³/mol. The van der Waals surface area contributed by atoms with Gasteiger partial charge in [0.2, 0.25) is 0 Å². The Hall–Kier alpha value is -1.58. The van der Waals surface area contributed by atoms with Crippen LogP contribution in [0.3, 0.4) is 0 Å². The number of nitrogens with one attached hydrogen (secondary N) is 1. The van der Waals surface area contributed by atoms with Crippen molar-refractivity contribution in [3.63, 3.8) is 0 Å². The monoisotopic (exact) mass is 304 g/mol. The van der Waals surface area contributed by atoms with E-state index in [1.54, 1.807) is 18.5 Å². The van der Waals surface area contributed by atoms with Crippen LogP contribution in [0.25, 0.3) is 0 Å². The average Bonchev–Trinajstić information content (AvgIpc) is 2.49. The fraction of sp³-hybridized carbons (Fsp3) is 0.353. The van der Waals surface area contributed by atoms with Crippen molar-refractivity contribution in [2.45, 2.75) is 32.7 Å². The first-order valence-electron chi connectivity index (χ1n) is 7.35. The molecule has 0 aliphatic carbocycles. The van der Waals surface area contributed by atoms with Crippen LogP contribution >= 0.6 is 11.6 Å². The minimum atomic E-state index is 0.285. The lowest BCUT2D eigenvalue weighted by Gasteiger charge is -2.20. The Kier molecular flexibility index (Phi) is 6.03. The van der Waals surface area contributed by atoms with Gasteiger partial charge in [0.15, 0.2) is 0 Å². The summed E-state index contributed by atoms with van der Waals surface area (Å²) in [7, 11) is 0. The van der Waals surface area contributed by atoms with E-state index < -0.39 is 0 Å². The van der Waals surface area contributed by atoms with E-state index >= 15 is 0 Å². The molecule has 0 spiro atoms. The van der Waals surface area contributed by atoms with Crippen LogP contribution in [0.2, 0.25) is 5.02 Å². The van der Waals surface area contributed by atoms with Crippen LogP contribution in [0.1, 0.15) is 38.3 Å². The molecule has 0 aliphatic heterocycles. The molecule has 1 heterocycles. The lowest BCUT2D eigenvalue weighted by atomic mass is 10.0. The van der Waals surface area contributed by atoms with E-state index in [2.05, 4.69) is 30.2 Å². The van der Waals surface area contributed by atoms with Crippen LogP contribution in [0.5, 0.6) is 11.5 Å². The second kappa shape index (κ2) is 8.01. The number of rotatable bonds is 7. The van der Waals surface area contributed by atoms with Gasteiger partial charge in [-0.1, -0.05) is 43.6 Å². The molecule has 2 rings (SSSR count). The van der Waals surface area contributed by atoms with Crippen molar-refractivity contribution in [3.05, 3.63) is 53.3 Å². The Labute approximate surface area is 131 Å². The van der Waals surface area contributed by atoms with Crippen molar-refractivity contribution in [1.82, 2.24) is 10.3 Å². The molecule has 0 aliphatic rings. The highest BCUT2D eigenvalue weighted by molar-refractivity contribution is 6.30. The summed E-state index contributed by atoms with van der Waals surface area (Å²) in [6.45, 7) is 5.33. The van der Waals surface area contributed by atoms with Gasteiger partial charge < -0.3 is 10.1 Å². The number of hydrogen-bond donors (Lipinski definition) is 1. The summed E-state index contributed by atoms with van der Waals surface area (Å²) in [6.07, 6.45) is 5.38. The molecule has 1 aromatic heterocycles. The molecular weight excluding hydrogens is 284 g/mol. The zero-order chi connectivity index (χ0) is 15.1. The highest BCUT2D eigenvalue weighted by Gasteiger charge is 2.14. The van der Waals surface area contributed by atoms with Gasteiger partial charge in [-0.25, -0.2) is 0 Å². The van der Waals surface area contributed by atoms with Crippen LogP contribution in [-0.4, -0.2) is 11.5 Å². The van der Waals surface area contributed by atoms with Gasteiger partial charge in [-0.05, 0) is 25.5 Å². The molecule has 1 atom stereocenters. The predicted octanol–water partition coefficient (Wildman–Crippen LogP) is 4.98.